The van der Waals surface area contributed by atoms with Crippen molar-refractivity contribution < 1.29 is 14.3 Å². The van der Waals surface area contributed by atoms with Gasteiger partial charge in [-0.05, 0) is 57.7 Å². The Balaban J connectivity index is 0.000000257. The lowest BCUT2D eigenvalue weighted by molar-refractivity contribution is -0.117. The molecule has 0 unspecified atom stereocenters. The molecule has 0 amide bonds. The zero-order valence-electron chi connectivity index (χ0n) is 16.1. The van der Waals surface area contributed by atoms with E-state index in [1.165, 1.54) is 12.5 Å². The van der Waals surface area contributed by atoms with Gasteiger partial charge in [-0.1, -0.05) is 37.6 Å². The monoisotopic (exact) mass is 342 g/mol. The van der Waals surface area contributed by atoms with Gasteiger partial charge in [-0.25, -0.2) is 0 Å². The molecule has 0 saturated carbocycles. The molecule has 3 heteroatoms. The summed E-state index contributed by atoms with van der Waals surface area (Å²) >= 11 is 0. The van der Waals surface area contributed by atoms with Crippen molar-refractivity contribution in [2.75, 3.05) is 6.61 Å². The molecule has 25 heavy (non-hydrogen) atoms. The predicted octanol–water partition coefficient (Wildman–Crippen LogP) is 5.24. The first kappa shape index (κ1) is 20.9. The lowest BCUT2D eigenvalue weighted by Gasteiger charge is -2.04. The molecular weight excluding hydrogens is 312 g/mol. The average molecular weight is 342 g/mol. The lowest BCUT2D eigenvalue weighted by Crippen LogP contribution is -2.07. The van der Waals surface area contributed by atoms with E-state index in [0.29, 0.717) is 17.6 Å². The van der Waals surface area contributed by atoms with Gasteiger partial charge in [0.1, 0.15) is 5.75 Å². The third-order valence-corrected chi connectivity index (χ3v) is 4.13. The zero-order chi connectivity index (χ0) is 18.8. The second kappa shape index (κ2) is 10.7. The van der Waals surface area contributed by atoms with E-state index < -0.39 is 0 Å². The molecule has 1 aliphatic carbocycles. The molecule has 0 fully saturated rings. The minimum Gasteiger partial charge on any atom is -0.494 e. The first-order chi connectivity index (χ1) is 11.9. The Morgan fingerprint density at radius 1 is 1.12 bits per heavy atom. The van der Waals surface area contributed by atoms with Crippen LogP contribution >= 0.6 is 0 Å². The lowest BCUT2D eigenvalue weighted by atomic mass is 9.98. The average Bonchev–Trinajstić information content (AvgIpc) is 2.93. The summed E-state index contributed by atoms with van der Waals surface area (Å²) in [6, 6.07) is 8.24. The number of ether oxygens (including phenoxy) is 1. The maximum Gasteiger partial charge on any atom is 0.163 e. The van der Waals surface area contributed by atoms with Gasteiger partial charge in [0.25, 0.3) is 0 Å². The summed E-state index contributed by atoms with van der Waals surface area (Å²) < 4.78 is 5.31. The molecule has 136 valence electrons. The molecule has 0 spiro atoms. The van der Waals surface area contributed by atoms with E-state index in [2.05, 4.69) is 19.1 Å². The predicted molar refractivity (Wildman–Crippen MR) is 103 cm³/mol. The van der Waals surface area contributed by atoms with Gasteiger partial charge in [0, 0.05) is 17.6 Å². The van der Waals surface area contributed by atoms with Crippen molar-refractivity contribution >= 4 is 11.6 Å². The maximum atomic E-state index is 11.6. The standard InChI is InChI=1S/C12H16O2.C10H14O/c1-4-5-10(9(3)13)12-8(2)6-7-11(12)14;1-3-9-5-7-10(8-6-9)11-4-2/h5H,4,6-7H2,1-3H3;5-8H,3-4H2,1-2H3/b10-5-;. The molecule has 1 aromatic rings. The van der Waals surface area contributed by atoms with Crippen LogP contribution in [0.5, 0.6) is 5.75 Å². The Morgan fingerprint density at radius 3 is 2.16 bits per heavy atom. The first-order valence-electron chi connectivity index (χ1n) is 9.10. The molecule has 3 nitrogen and oxygen atoms in total. The third-order valence-electron chi connectivity index (χ3n) is 4.13. The highest BCUT2D eigenvalue weighted by molar-refractivity contribution is 6.13. The van der Waals surface area contributed by atoms with Crippen LogP contribution < -0.4 is 4.74 Å². The fourth-order valence-electron chi connectivity index (χ4n) is 2.78. The van der Waals surface area contributed by atoms with E-state index in [9.17, 15) is 9.59 Å². The second-order valence-electron chi connectivity index (χ2n) is 6.09. The van der Waals surface area contributed by atoms with E-state index in [1.807, 2.05) is 39.0 Å². The molecule has 0 aromatic heterocycles. The van der Waals surface area contributed by atoms with Crippen molar-refractivity contribution in [1.29, 1.82) is 0 Å². The van der Waals surface area contributed by atoms with Gasteiger partial charge >= 0.3 is 0 Å². The van der Waals surface area contributed by atoms with Gasteiger partial charge in [-0.15, -0.1) is 0 Å². The van der Waals surface area contributed by atoms with Crippen LogP contribution in [0, 0.1) is 0 Å². The Hall–Kier alpha value is -2.16. The molecule has 1 aromatic carbocycles. The summed E-state index contributed by atoms with van der Waals surface area (Å²) in [5.41, 5.74) is 3.71. The summed E-state index contributed by atoms with van der Waals surface area (Å²) in [6.07, 6.45) is 5.10. The van der Waals surface area contributed by atoms with E-state index in [-0.39, 0.29) is 11.6 Å². The van der Waals surface area contributed by atoms with Crippen LogP contribution in [0.25, 0.3) is 0 Å². The fourth-order valence-corrected chi connectivity index (χ4v) is 2.78. The Labute approximate surface area is 151 Å². The molecule has 0 heterocycles. The molecule has 0 radical (unpaired) electrons. The number of hydrogen-bond acceptors (Lipinski definition) is 3. The number of carbonyl (C=O) groups excluding carboxylic acids is 2. The van der Waals surface area contributed by atoms with E-state index in [0.717, 1.165) is 37.2 Å². The third kappa shape index (κ3) is 6.33. The highest BCUT2D eigenvalue weighted by Gasteiger charge is 2.24. The topological polar surface area (TPSA) is 43.4 Å². The van der Waals surface area contributed by atoms with Gasteiger partial charge in [-0.2, -0.15) is 0 Å². The SMILES string of the molecule is CC/C=C(/C(C)=O)C1=C(C)CCC1=O.CCOc1ccc(CC)cc1. The van der Waals surface area contributed by atoms with Crippen molar-refractivity contribution in [2.24, 2.45) is 0 Å². The van der Waals surface area contributed by atoms with E-state index in [4.69, 9.17) is 4.74 Å². The molecule has 0 saturated heterocycles. The number of benzene rings is 1. The van der Waals surface area contributed by atoms with Crippen LogP contribution in [0.4, 0.5) is 0 Å². The molecule has 2 rings (SSSR count). The van der Waals surface area contributed by atoms with Gasteiger partial charge in [0.05, 0.1) is 6.61 Å². The molecule has 0 N–H and O–H groups in total. The highest BCUT2D eigenvalue weighted by Crippen LogP contribution is 2.28. The summed E-state index contributed by atoms with van der Waals surface area (Å²) in [6.45, 7) is 10.3. The van der Waals surface area contributed by atoms with Crippen molar-refractivity contribution in [3.63, 3.8) is 0 Å². The van der Waals surface area contributed by atoms with Crippen LogP contribution in [-0.2, 0) is 16.0 Å². The van der Waals surface area contributed by atoms with E-state index in [1.54, 1.807) is 0 Å². The minimum absolute atomic E-state index is 0.00329. The van der Waals surface area contributed by atoms with Crippen molar-refractivity contribution in [2.45, 2.75) is 60.3 Å². The largest absolute Gasteiger partial charge is 0.494 e. The summed E-state index contributed by atoms with van der Waals surface area (Å²) in [7, 11) is 0. The summed E-state index contributed by atoms with van der Waals surface area (Å²) in [5, 5.41) is 0. The molecule has 0 aliphatic heterocycles. The Bertz CT molecular complexity index is 648. The van der Waals surface area contributed by atoms with Crippen LogP contribution in [0.2, 0.25) is 0 Å². The quantitative estimate of drug-likeness (QED) is 0.664. The van der Waals surface area contributed by atoms with Crippen LogP contribution in [0.3, 0.4) is 0 Å². The molecule has 1 aliphatic rings. The minimum atomic E-state index is -0.00329. The number of ketones is 2. The number of allylic oxidation sites excluding steroid dienone is 4. The number of hydrogen-bond donors (Lipinski definition) is 0. The maximum absolute atomic E-state index is 11.6. The summed E-state index contributed by atoms with van der Waals surface area (Å²) in [4.78, 5) is 22.9. The van der Waals surface area contributed by atoms with Crippen LogP contribution in [0.1, 0.15) is 59.4 Å². The van der Waals surface area contributed by atoms with E-state index >= 15 is 0 Å². The molecule has 0 atom stereocenters. The van der Waals surface area contributed by atoms with Gasteiger partial charge in [0.2, 0.25) is 0 Å². The van der Waals surface area contributed by atoms with Crippen molar-refractivity contribution in [1.82, 2.24) is 0 Å². The van der Waals surface area contributed by atoms with Gasteiger partial charge < -0.3 is 4.74 Å². The van der Waals surface area contributed by atoms with Crippen molar-refractivity contribution in [3.8, 4) is 5.75 Å². The number of rotatable bonds is 6. The van der Waals surface area contributed by atoms with Crippen LogP contribution in [-0.4, -0.2) is 18.2 Å². The fraction of sp³-hybridized carbons (Fsp3) is 0.455. The highest BCUT2D eigenvalue weighted by atomic mass is 16.5. The number of carbonyl (C=O) groups is 2. The van der Waals surface area contributed by atoms with Gasteiger partial charge in [-0.3, -0.25) is 9.59 Å². The second-order valence-corrected chi connectivity index (χ2v) is 6.09. The van der Waals surface area contributed by atoms with Gasteiger partial charge in [0.15, 0.2) is 11.6 Å². The Morgan fingerprint density at radius 2 is 1.76 bits per heavy atom. The van der Waals surface area contributed by atoms with Crippen molar-refractivity contribution in [3.05, 3.63) is 52.6 Å². The summed E-state index contributed by atoms with van der Waals surface area (Å²) in [5.74, 6) is 1.08. The molecule has 0 bridgehead atoms. The van der Waals surface area contributed by atoms with Crippen LogP contribution in [0.15, 0.2) is 47.1 Å². The number of Topliss-reactive ketones (excluding diaryl/α,β-unsaturated/α-hetero) is 2. The molecular formula is C22H30O3. The Kier molecular flexibility index (Phi) is 8.90. The smallest absolute Gasteiger partial charge is 0.163 e. The normalized spacial score (nSPS) is 14.3. The number of aryl methyl sites for hydroxylation is 1. The first-order valence-corrected chi connectivity index (χ1v) is 9.10. The zero-order valence-corrected chi connectivity index (χ0v) is 16.1.